The first-order chi connectivity index (χ1) is 7.13. The Morgan fingerprint density at radius 3 is 2.27 bits per heavy atom. The van der Waals surface area contributed by atoms with Gasteiger partial charge < -0.3 is 0 Å². The minimum atomic E-state index is 0.286. The van der Waals surface area contributed by atoms with Crippen LogP contribution in [0.5, 0.6) is 0 Å². The van der Waals surface area contributed by atoms with Crippen LogP contribution in [0.25, 0.3) is 0 Å². The van der Waals surface area contributed by atoms with Crippen LogP contribution < -0.4 is 0 Å². The zero-order chi connectivity index (χ0) is 10.8. The summed E-state index contributed by atoms with van der Waals surface area (Å²) in [4.78, 5) is 11.1. The van der Waals surface area contributed by atoms with E-state index >= 15 is 0 Å². The van der Waals surface area contributed by atoms with E-state index < -0.39 is 0 Å². The van der Waals surface area contributed by atoms with Crippen molar-refractivity contribution in [3.05, 3.63) is 46.5 Å². The minimum Gasteiger partial charge on any atom is -0.295 e. The number of aryl methyl sites for hydroxylation is 2. The highest BCUT2D eigenvalue weighted by molar-refractivity contribution is 5.93. The summed E-state index contributed by atoms with van der Waals surface area (Å²) in [5.74, 6) is 0.286. The fraction of sp³-hybridized carbons (Fsp3) is 0.357. The number of benzene rings is 1. The summed E-state index contributed by atoms with van der Waals surface area (Å²) in [6.07, 6.45) is 4.41. The highest BCUT2D eigenvalue weighted by Crippen LogP contribution is 2.20. The van der Waals surface area contributed by atoms with Crippen LogP contribution in [0.3, 0.4) is 0 Å². The molecule has 0 amide bonds. The first kappa shape index (κ1) is 10.2. The van der Waals surface area contributed by atoms with E-state index in [2.05, 4.69) is 32.0 Å². The Labute approximate surface area is 90.8 Å². The second kappa shape index (κ2) is 4.01. The Morgan fingerprint density at radius 2 is 1.73 bits per heavy atom. The molecule has 0 aromatic heterocycles. The van der Waals surface area contributed by atoms with Gasteiger partial charge in [-0.25, -0.2) is 0 Å². The van der Waals surface area contributed by atoms with Crippen molar-refractivity contribution in [1.29, 1.82) is 0 Å². The van der Waals surface area contributed by atoms with Crippen molar-refractivity contribution in [2.75, 3.05) is 0 Å². The van der Waals surface area contributed by atoms with Gasteiger partial charge in [-0.3, -0.25) is 4.79 Å². The number of allylic oxidation sites excluding steroid dienone is 2. The molecule has 78 valence electrons. The molecule has 1 aromatic rings. The molecule has 0 heterocycles. The second-order valence-corrected chi connectivity index (χ2v) is 4.44. The highest BCUT2D eigenvalue weighted by atomic mass is 16.1. The third kappa shape index (κ3) is 2.56. The predicted molar refractivity (Wildman–Crippen MR) is 61.9 cm³/mol. The van der Waals surface area contributed by atoms with Gasteiger partial charge >= 0.3 is 0 Å². The van der Waals surface area contributed by atoms with E-state index in [-0.39, 0.29) is 5.78 Å². The maximum Gasteiger partial charge on any atom is 0.155 e. The van der Waals surface area contributed by atoms with Crippen LogP contribution in [0.15, 0.2) is 29.8 Å². The lowest BCUT2D eigenvalue weighted by molar-refractivity contribution is -0.114. The molecule has 0 radical (unpaired) electrons. The van der Waals surface area contributed by atoms with Crippen molar-refractivity contribution in [3.63, 3.8) is 0 Å². The molecular formula is C14H16O. The van der Waals surface area contributed by atoms with Crippen LogP contribution in [0.1, 0.15) is 29.5 Å². The van der Waals surface area contributed by atoms with E-state index in [1.54, 1.807) is 0 Å². The van der Waals surface area contributed by atoms with Gasteiger partial charge in [-0.05, 0) is 38.3 Å². The number of hydrogen-bond acceptors (Lipinski definition) is 1. The Hall–Kier alpha value is -1.37. The van der Waals surface area contributed by atoms with E-state index in [0.29, 0.717) is 6.42 Å². The average molecular weight is 200 g/mol. The maximum absolute atomic E-state index is 11.1. The van der Waals surface area contributed by atoms with Crippen molar-refractivity contribution in [1.82, 2.24) is 0 Å². The summed E-state index contributed by atoms with van der Waals surface area (Å²) in [5, 5.41) is 0. The van der Waals surface area contributed by atoms with Crippen molar-refractivity contribution in [2.24, 2.45) is 0 Å². The number of hydrogen-bond donors (Lipinski definition) is 0. The molecule has 0 saturated heterocycles. The Bertz CT molecular complexity index is 407. The molecule has 1 heteroatoms. The summed E-state index contributed by atoms with van der Waals surface area (Å²) in [6, 6.07) is 6.59. The van der Waals surface area contributed by atoms with E-state index in [0.717, 1.165) is 12.8 Å². The minimum absolute atomic E-state index is 0.286. The zero-order valence-corrected chi connectivity index (χ0v) is 9.34. The third-order valence-electron chi connectivity index (χ3n) is 2.77. The van der Waals surface area contributed by atoms with Gasteiger partial charge in [-0.15, -0.1) is 0 Å². The van der Waals surface area contributed by atoms with Gasteiger partial charge in [-0.1, -0.05) is 34.9 Å². The molecule has 0 N–H and O–H groups in total. The smallest absolute Gasteiger partial charge is 0.155 e. The molecular weight excluding hydrogens is 184 g/mol. The van der Waals surface area contributed by atoms with Crippen molar-refractivity contribution in [2.45, 2.75) is 33.1 Å². The lowest BCUT2D eigenvalue weighted by Crippen LogP contribution is -1.90. The van der Waals surface area contributed by atoms with Gasteiger partial charge in [-0.2, -0.15) is 0 Å². The van der Waals surface area contributed by atoms with Crippen LogP contribution in [0, 0.1) is 13.8 Å². The van der Waals surface area contributed by atoms with E-state index in [4.69, 9.17) is 0 Å². The standard InChI is InChI=1S/C14H16O/c1-10-5-11(2)7-13(6-10)8-12-3-4-14(15)9-12/h5-7,9H,3-4,8H2,1-2H3. The van der Waals surface area contributed by atoms with Crippen molar-refractivity contribution < 1.29 is 4.79 Å². The van der Waals surface area contributed by atoms with E-state index in [9.17, 15) is 4.79 Å². The number of ketones is 1. The van der Waals surface area contributed by atoms with Crippen LogP contribution in [-0.2, 0) is 11.2 Å². The monoisotopic (exact) mass is 200 g/mol. The fourth-order valence-electron chi connectivity index (χ4n) is 2.23. The summed E-state index contributed by atoms with van der Waals surface area (Å²) < 4.78 is 0. The van der Waals surface area contributed by atoms with Crippen LogP contribution in [0.2, 0.25) is 0 Å². The zero-order valence-electron chi connectivity index (χ0n) is 9.34. The summed E-state index contributed by atoms with van der Waals surface area (Å²) >= 11 is 0. The first-order valence-electron chi connectivity index (χ1n) is 5.43. The molecule has 0 saturated carbocycles. The summed E-state index contributed by atoms with van der Waals surface area (Å²) in [7, 11) is 0. The van der Waals surface area contributed by atoms with Crippen molar-refractivity contribution in [3.8, 4) is 0 Å². The van der Waals surface area contributed by atoms with Crippen LogP contribution in [0.4, 0.5) is 0 Å². The van der Waals surface area contributed by atoms with E-state index in [1.807, 2.05) is 6.08 Å². The molecule has 0 fully saturated rings. The average Bonchev–Trinajstić information content (AvgIpc) is 2.49. The Morgan fingerprint density at radius 1 is 1.07 bits per heavy atom. The van der Waals surface area contributed by atoms with Gasteiger partial charge in [0.05, 0.1) is 0 Å². The normalized spacial score (nSPS) is 15.6. The second-order valence-electron chi connectivity index (χ2n) is 4.44. The molecule has 0 aliphatic heterocycles. The molecule has 2 rings (SSSR count). The molecule has 1 aromatic carbocycles. The SMILES string of the molecule is Cc1cc(C)cc(CC2=CC(=O)CC2)c1. The predicted octanol–water partition coefficient (Wildman–Crippen LogP) is 3.14. The Balaban J connectivity index is 2.17. The molecule has 0 bridgehead atoms. The summed E-state index contributed by atoms with van der Waals surface area (Å²) in [5.41, 5.74) is 5.21. The summed E-state index contributed by atoms with van der Waals surface area (Å²) in [6.45, 7) is 4.23. The van der Waals surface area contributed by atoms with Crippen molar-refractivity contribution >= 4 is 5.78 Å². The molecule has 1 aliphatic rings. The lowest BCUT2D eigenvalue weighted by atomic mass is 10.0. The number of carbonyl (C=O) groups excluding carboxylic acids is 1. The van der Waals surface area contributed by atoms with Gasteiger partial charge in [0.2, 0.25) is 0 Å². The Kier molecular flexibility index (Phi) is 2.72. The van der Waals surface area contributed by atoms with Crippen LogP contribution >= 0.6 is 0 Å². The van der Waals surface area contributed by atoms with Gasteiger partial charge in [0, 0.05) is 6.42 Å². The highest BCUT2D eigenvalue weighted by Gasteiger charge is 2.12. The molecule has 0 unspecified atom stereocenters. The van der Waals surface area contributed by atoms with Gasteiger partial charge in [0.25, 0.3) is 0 Å². The first-order valence-corrected chi connectivity index (χ1v) is 5.43. The maximum atomic E-state index is 11.1. The largest absolute Gasteiger partial charge is 0.295 e. The molecule has 1 aliphatic carbocycles. The quantitative estimate of drug-likeness (QED) is 0.716. The van der Waals surface area contributed by atoms with Gasteiger partial charge in [0.1, 0.15) is 0 Å². The lowest BCUT2D eigenvalue weighted by Gasteiger charge is -2.05. The molecule has 1 nitrogen and oxygen atoms in total. The molecule has 0 spiro atoms. The van der Waals surface area contributed by atoms with Gasteiger partial charge in [0.15, 0.2) is 5.78 Å². The number of rotatable bonds is 2. The third-order valence-corrected chi connectivity index (χ3v) is 2.77. The molecule has 0 atom stereocenters. The topological polar surface area (TPSA) is 17.1 Å². The number of carbonyl (C=O) groups is 1. The van der Waals surface area contributed by atoms with E-state index in [1.165, 1.54) is 22.3 Å². The van der Waals surface area contributed by atoms with Crippen LogP contribution in [-0.4, -0.2) is 5.78 Å². The fourth-order valence-corrected chi connectivity index (χ4v) is 2.23. The molecule has 15 heavy (non-hydrogen) atoms.